The number of unbranched alkanes of at least 4 members (excludes halogenated alkanes) is 1. The minimum absolute atomic E-state index is 0.00234. The molecule has 0 aliphatic heterocycles. The third-order valence-corrected chi connectivity index (χ3v) is 5.87. The number of hydrogen-bond acceptors (Lipinski definition) is 7. The molecule has 4 atom stereocenters. The van der Waals surface area contributed by atoms with Crippen LogP contribution in [0, 0.1) is 11.8 Å². The van der Waals surface area contributed by atoms with Gasteiger partial charge in [0.05, 0.1) is 0 Å². The predicted octanol–water partition coefficient (Wildman–Crippen LogP) is 2.60. The van der Waals surface area contributed by atoms with Gasteiger partial charge in [0.1, 0.15) is 23.1 Å². The molecule has 4 unspecified atom stereocenters. The van der Waals surface area contributed by atoms with Crippen LogP contribution < -0.4 is 16.0 Å². The van der Waals surface area contributed by atoms with E-state index in [1.54, 1.807) is 6.92 Å². The number of amides is 3. The van der Waals surface area contributed by atoms with E-state index in [9.17, 15) is 33.6 Å². The van der Waals surface area contributed by atoms with E-state index in [-0.39, 0.29) is 91.2 Å². The fourth-order valence-electron chi connectivity index (χ4n) is 4.46. The van der Waals surface area contributed by atoms with Crippen LogP contribution in [0.5, 0.6) is 0 Å². The van der Waals surface area contributed by atoms with Crippen LogP contribution in [0.2, 0.25) is 0 Å². The van der Waals surface area contributed by atoms with Gasteiger partial charge in [-0.3, -0.25) is 24.0 Å². The van der Waals surface area contributed by atoms with E-state index in [1.165, 1.54) is 27.7 Å². The standard InChI is InChI=1S/C28H47N3O7/c1-18(11-20(3)32)13-26(36)29-10-8-7-9-24(15-22(5)34)30-28(38)17-25(16-23(6)35)31-27(37)14-19(2)12-21(4)33/h18-19,24-25H,7-17H2,1-6H3,(H,29,36)(H,30,38)(H,31,37). The monoisotopic (exact) mass is 537 g/mol. The van der Waals surface area contributed by atoms with Crippen molar-refractivity contribution in [3.05, 3.63) is 0 Å². The third kappa shape index (κ3) is 20.2. The molecule has 0 fully saturated rings. The van der Waals surface area contributed by atoms with E-state index in [4.69, 9.17) is 0 Å². The summed E-state index contributed by atoms with van der Waals surface area (Å²) in [4.78, 5) is 82.9. The number of Topliss-reactive ketones (excluding diaryl/α,β-unsaturated/α-hetero) is 4. The van der Waals surface area contributed by atoms with E-state index < -0.39 is 12.1 Å². The SMILES string of the molecule is CC(=O)CC(C)CC(=O)NCCCCC(CC(C)=O)NC(=O)CC(CC(C)=O)NC(=O)CC(C)CC(C)=O. The highest BCUT2D eigenvalue weighted by Gasteiger charge is 2.22. The molecule has 0 spiro atoms. The molecule has 0 rings (SSSR count). The maximum absolute atomic E-state index is 12.7. The molecule has 216 valence electrons. The minimum Gasteiger partial charge on any atom is -0.356 e. The first-order valence-corrected chi connectivity index (χ1v) is 13.5. The van der Waals surface area contributed by atoms with Crippen molar-refractivity contribution < 1.29 is 33.6 Å². The molecule has 0 heterocycles. The van der Waals surface area contributed by atoms with Crippen LogP contribution in [0.3, 0.4) is 0 Å². The summed E-state index contributed by atoms with van der Waals surface area (Å²) in [6.07, 6.45) is 2.99. The molecule has 0 aromatic carbocycles. The zero-order chi connectivity index (χ0) is 29.3. The highest BCUT2D eigenvalue weighted by atomic mass is 16.2. The molecule has 0 aromatic rings. The van der Waals surface area contributed by atoms with Gasteiger partial charge in [0.25, 0.3) is 0 Å². The molecule has 0 bridgehead atoms. The molecule has 3 N–H and O–H groups in total. The predicted molar refractivity (Wildman–Crippen MR) is 144 cm³/mol. The third-order valence-electron chi connectivity index (χ3n) is 5.87. The fourth-order valence-corrected chi connectivity index (χ4v) is 4.46. The van der Waals surface area contributed by atoms with Crippen LogP contribution in [0.15, 0.2) is 0 Å². The molecule has 0 saturated carbocycles. The molecule has 10 nitrogen and oxygen atoms in total. The summed E-state index contributed by atoms with van der Waals surface area (Å²) in [5, 5.41) is 8.42. The summed E-state index contributed by atoms with van der Waals surface area (Å²) in [5.41, 5.74) is 0. The van der Waals surface area contributed by atoms with Gasteiger partial charge in [-0.05, 0) is 58.8 Å². The number of rotatable bonds is 21. The molecule has 0 radical (unpaired) electrons. The van der Waals surface area contributed by atoms with E-state index in [1.807, 2.05) is 6.92 Å². The lowest BCUT2D eigenvalue weighted by atomic mass is 10.00. The average molecular weight is 538 g/mol. The normalized spacial score (nSPS) is 13.9. The maximum atomic E-state index is 12.7. The van der Waals surface area contributed by atoms with Crippen molar-refractivity contribution in [2.75, 3.05) is 6.54 Å². The Morgan fingerprint density at radius 3 is 1.42 bits per heavy atom. The van der Waals surface area contributed by atoms with Crippen molar-refractivity contribution in [2.45, 2.75) is 118 Å². The minimum atomic E-state index is -0.678. The summed E-state index contributed by atoms with van der Waals surface area (Å²) < 4.78 is 0. The van der Waals surface area contributed by atoms with E-state index >= 15 is 0 Å². The Bertz CT molecular complexity index is 840. The smallest absolute Gasteiger partial charge is 0.222 e. The molecule has 3 amide bonds. The fraction of sp³-hybridized carbons (Fsp3) is 0.750. The average Bonchev–Trinajstić information content (AvgIpc) is 2.70. The Morgan fingerprint density at radius 1 is 0.500 bits per heavy atom. The molecule has 0 aliphatic rings. The van der Waals surface area contributed by atoms with E-state index in [2.05, 4.69) is 16.0 Å². The number of carbonyl (C=O) groups excluding carboxylic acids is 7. The van der Waals surface area contributed by atoms with Crippen LogP contribution in [0.25, 0.3) is 0 Å². The Morgan fingerprint density at radius 2 is 0.921 bits per heavy atom. The van der Waals surface area contributed by atoms with Gasteiger partial charge in [-0.2, -0.15) is 0 Å². The van der Waals surface area contributed by atoms with Gasteiger partial charge in [0.2, 0.25) is 17.7 Å². The van der Waals surface area contributed by atoms with Crippen molar-refractivity contribution in [3.8, 4) is 0 Å². The molecule has 0 saturated heterocycles. The quantitative estimate of drug-likeness (QED) is 0.190. The number of nitrogens with one attached hydrogen (secondary N) is 3. The number of ketones is 4. The Balaban J connectivity index is 4.73. The van der Waals surface area contributed by atoms with Crippen molar-refractivity contribution in [3.63, 3.8) is 0 Å². The van der Waals surface area contributed by atoms with Crippen LogP contribution in [0.1, 0.15) is 106 Å². The zero-order valence-corrected chi connectivity index (χ0v) is 23.9. The first kappa shape index (κ1) is 35.1. The maximum Gasteiger partial charge on any atom is 0.222 e. The van der Waals surface area contributed by atoms with Gasteiger partial charge < -0.3 is 25.5 Å². The van der Waals surface area contributed by atoms with Gasteiger partial charge in [0, 0.05) is 63.6 Å². The van der Waals surface area contributed by atoms with Gasteiger partial charge >= 0.3 is 0 Å². The van der Waals surface area contributed by atoms with Crippen molar-refractivity contribution in [2.24, 2.45) is 11.8 Å². The first-order valence-electron chi connectivity index (χ1n) is 13.5. The molecular formula is C28H47N3O7. The molecule has 0 aromatic heterocycles. The van der Waals surface area contributed by atoms with E-state index in [0.717, 1.165) is 0 Å². The summed E-state index contributed by atoms with van der Waals surface area (Å²) in [5.74, 6) is -1.16. The van der Waals surface area contributed by atoms with Gasteiger partial charge in [-0.25, -0.2) is 0 Å². The summed E-state index contributed by atoms with van der Waals surface area (Å²) >= 11 is 0. The highest BCUT2D eigenvalue weighted by Crippen LogP contribution is 2.11. The number of hydrogen-bond donors (Lipinski definition) is 3. The molecular weight excluding hydrogens is 490 g/mol. The highest BCUT2D eigenvalue weighted by molar-refractivity contribution is 5.84. The van der Waals surface area contributed by atoms with Crippen molar-refractivity contribution >= 4 is 40.9 Å². The Kier molecular flexibility index (Phi) is 17.7. The van der Waals surface area contributed by atoms with Crippen LogP contribution >= 0.6 is 0 Å². The lowest BCUT2D eigenvalue weighted by molar-refractivity contribution is -0.126. The van der Waals surface area contributed by atoms with Gasteiger partial charge in [-0.1, -0.05) is 13.8 Å². The largest absolute Gasteiger partial charge is 0.356 e. The lowest BCUT2D eigenvalue weighted by Gasteiger charge is -2.22. The molecule has 10 heteroatoms. The summed E-state index contributed by atoms with van der Waals surface area (Å²) in [6.45, 7) is 9.91. The summed E-state index contributed by atoms with van der Waals surface area (Å²) in [7, 11) is 0. The topological polar surface area (TPSA) is 156 Å². The van der Waals surface area contributed by atoms with Crippen molar-refractivity contribution in [1.82, 2.24) is 16.0 Å². The molecule has 0 aliphatic carbocycles. The Hall–Kier alpha value is -2.91. The van der Waals surface area contributed by atoms with Crippen molar-refractivity contribution in [1.29, 1.82) is 0 Å². The zero-order valence-electron chi connectivity index (χ0n) is 23.9. The lowest BCUT2D eigenvalue weighted by Crippen LogP contribution is -2.43. The summed E-state index contributed by atoms with van der Waals surface area (Å²) in [6, 6.07) is -1.07. The van der Waals surface area contributed by atoms with Crippen LogP contribution in [0.4, 0.5) is 0 Å². The van der Waals surface area contributed by atoms with Crippen LogP contribution in [-0.2, 0) is 33.6 Å². The van der Waals surface area contributed by atoms with Gasteiger partial charge in [0.15, 0.2) is 0 Å². The Labute approximate surface area is 226 Å². The first-order chi connectivity index (χ1) is 17.7. The second-order valence-electron chi connectivity index (χ2n) is 10.8. The number of carbonyl (C=O) groups is 7. The second-order valence-corrected chi connectivity index (χ2v) is 10.8. The molecule has 38 heavy (non-hydrogen) atoms. The van der Waals surface area contributed by atoms with E-state index in [0.29, 0.717) is 32.2 Å². The van der Waals surface area contributed by atoms with Crippen LogP contribution in [-0.4, -0.2) is 59.5 Å². The van der Waals surface area contributed by atoms with Gasteiger partial charge in [-0.15, -0.1) is 0 Å². The second kappa shape index (κ2) is 19.2.